The van der Waals surface area contributed by atoms with E-state index < -0.39 is 0 Å². The van der Waals surface area contributed by atoms with Crippen LogP contribution in [0, 0.1) is 0 Å². The third-order valence-corrected chi connectivity index (χ3v) is 3.35. The van der Waals surface area contributed by atoms with Gasteiger partial charge in [0.1, 0.15) is 0 Å². The highest BCUT2D eigenvalue weighted by molar-refractivity contribution is 4.92. The van der Waals surface area contributed by atoms with Gasteiger partial charge in [0.25, 0.3) is 0 Å². The van der Waals surface area contributed by atoms with E-state index in [4.69, 9.17) is 14.0 Å². The molecule has 0 saturated carbocycles. The van der Waals surface area contributed by atoms with Crippen LogP contribution in [0.1, 0.15) is 24.6 Å². The molecule has 2 unspecified atom stereocenters. The molecule has 2 fully saturated rings. The van der Waals surface area contributed by atoms with Gasteiger partial charge >= 0.3 is 0 Å². The van der Waals surface area contributed by atoms with E-state index >= 15 is 0 Å². The van der Waals surface area contributed by atoms with Crippen LogP contribution in [0.25, 0.3) is 0 Å². The van der Waals surface area contributed by atoms with E-state index in [2.05, 4.69) is 15.5 Å². The Morgan fingerprint density at radius 2 is 2.11 bits per heavy atom. The first-order chi connectivity index (χ1) is 8.90. The van der Waals surface area contributed by atoms with Crippen molar-refractivity contribution < 1.29 is 14.0 Å². The molecule has 0 spiro atoms. The predicted molar refractivity (Wildman–Crippen MR) is 63.3 cm³/mol. The minimum absolute atomic E-state index is 0.148. The molecule has 2 saturated heterocycles. The van der Waals surface area contributed by atoms with E-state index in [1.54, 1.807) is 0 Å². The normalized spacial score (nSPS) is 28.7. The molecule has 100 valence electrons. The van der Waals surface area contributed by atoms with Gasteiger partial charge in [-0.1, -0.05) is 5.16 Å². The van der Waals surface area contributed by atoms with Crippen molar-refractivity contribution in [2.45, 2.75) is 37.9 Å². The van der Waals surface area contributed by atoms with E-state index in [0.717, 1.165) is 51.4 Å². The zero-order valence-corrected chi connectivity index (χ0v) is 10.4. The predicted octanol–water partition coefficient (Wildman–Crippen LogP) is 0.322. The number of ether oxygens (including phenoxy) is 2. The molecule has 0 amide bonds. The third kappa shape index (κ3) is 3.07. The van der Waals surface area contributed by atoms with Gasteiger partial charge in [-0.2, -0.15) is 4.98 Å². The lowest BCUT2D eigenvalue weighted by Gasteiger charge is -2.21. The highest BCUT2D eigenvalue weighted by Gasteiger charge is 2.21. The van der Waals surface area contributed by atoms with E-state index in [0.29, 0.717) is 12.3 Å². The number of morpholine rings is 1. The van der Waals surface area contributed by atoms with Crippen LogP contribution < -0.4 is 5.32 Å². The van der Waals surface area contributed by atoms with Crippen molar-refractivity contribution in [3.8, 4) is 0 Å². The van der Waals surface area contributed by atoms with Crippen LogP contribution in [0.4, 0.5) is 0 Å². The molecule has 1 N–H and O–H groups in total. The second-order valence-electron chi connectivity index (χ2n) is 4.84. The van der Waals surface area contributed by atoms with Gasteiger partial charge in [-0.3, -0.25) is 0 Å². The molecule has 3 rings (SSSR count). The first kappa shape index (κ1) is 12.1. The van der Waals surface area contributed by atoms with E-state index in [9.17, 15) is 0 Å². The number of hydrogen-bond donors (Lipinski definition) is 1. The molecule has 2 aliphatic rings. The van der Waals surface area contributed by atoms with Crippen molar-refractivity contribution in [1.82, 2.24) is 15.5 Å². The first-order valence-electron chi connectivity index (χ1n) is 6.65. The standard InChI is InChI=1S/C12H19N3O3/c1-2-9(16-4-1)6-11-14-12(18-15-11)7-10-8-13-3-5-17-10/h9-10,13H,1-8H2. The summed E-state index contributed by atoms with van der Waals surface area (Å²) in [5, 5.41) is 7.29. The van der Waals surface area contributed by atoms with Crippen molar-refractivity contribution in [3.05, 3.63) is 11.7 Å². The highest BCUT2D eigenvalue weighted by Crippen LogP contribution is 2.16. The maximum absolute atomic E-state index is 5.61. The Morgan fingerprint density at radius 3 is 2.89 bits per heavy atom. The van der Waals surface area contributed by atoms with Crippen LogP contribution >= 0.6 is 0 Å². The van der Waals surface area contributed by atoms with E-state index in [1.807, 2.05) is 0 Å². The van der Waals surface area contributed by atoms with Crippen molar-refractivity contribution in [2.75, 3.05) is 26.3 Å². The molecule has 2 atom stereocenters. The Hall–Kier alpha value is -0.980. The van der Waals surface area contributed by atoms with Crippen LogP contribution in [-0.2, 0) is 22.3 Å². The van der Waals surface area contributed by atoms with Crippen LogP contribution in [-0.4, -0.2) is 48.7 Å². The van der Waals surface area contributed by atoms with E-state index in [-0.39, 0.29) is 12.2 Å². The Balaban J connectivity index is 1.52. The van der Waals surface area contributed by atoms with Crippen molar-refractivity contribution >= 4 is 0 Å². The number of rotatable bonds is 4. The van der Waals surface area contributed by atoms with Crippen LogP contribution in [0.5, 0.6) is 0 Å². The van der Waals surface area contributed by atoms with Crippen molar-refractivity contribution in [3.63, 3.8) is 0 Å². The van der Waals surface area contributed by atoms with Crippen molar-refractivity contribution in [1.29, 1.82) is 0 Å². The summed E-state index contributed by atoms with van der Waals surface area (Å²) < 4.78 is 16.4. The summed E-state index contributed by atoms with van der Waals surface area (Å²) in [7, 11) is 0. The lowest BCUT2D eigenvalue weighted by molar-refractivity contribution is 0.0246. The second-order valence-corrected chi connectivity index (χ2v) is 4.84. The average Bonchev–Trinajstić information content (AvgIpc) is 3.03. The summed E-state index contributed by atoms with van der Waals surface area (Å²) in [4.78, 5) is 4.40. The van der Waals surface area contributed by atoms with E-state index in [1.165, 1.54) is 0 Å². The fourth-order valence-corrected chi connectivity index (χ4v) is 2.41. The van der Waals surface area contributed by atoms with Gasteiger partial charge in [0.15, 0.2) is 5.82 Å². The van der Waals surface area contributed by atoms with Gasteiger partial charge in [0.2, 0.25) is 5.89 Å². The minimum atomic E-state index is 0.148. The Kier molecular flexibility index (Phi) is 3.87. The SMILES string of the molecule is C1COC(Cc2noc(CC3CNCCO3)n2)C1. The molecule has 0 radical (unpaired) electrons. The zero-order valence-electron chi connectivity index (χ0n) is 10.4. The molecule has 2 aliphatic heterocycles. The van der Waals surface area contributed by atoms with Crippen molar-refractivity contribution in [2.24, 2.45) is 0 Å². The molecule has 18 heavy (non-hydrogen) atoms. The first-order valence-corrected chi connectivity index (χ1v) is 6.65. The molecule has 3 heterocycles. The monoisotopic (exact) mass is 253 g/mol. The topological polar surface area (TPSA) is 69.4 Å². The maximum Gasteiger partial charge on any atom is 0.229 e. The van der Waals surface area contributed by atoms with Gasteiger partial charge in [-0.05, 0) is 12.8 Å². The molecule has 1 aromatic rings. The molecule has 0 bridgehead atoms. The smallest absolute Gasteiger partial charge is 0.229 e. The lowest BCUT2D eigenvalue weighted by Crippen LogP contribution is -2.39. The second kappa shape index (κ2) is 5.77. The zero-order chi connectivity index (χ0) is 12.2. The third-order valence-electron chi connectivity index (χ3n) is 3.35. The van der Waals surface area contributed by atoms with Gasteiger partial charge in [-0.25, -0.2) is 0 Å². The van der Waals surface area contributed by atoms with Gasteiger partial charge in [0, 0.05) is 26.1 Å². The summed E-state index contributed by atoms with van der Waals surface area (Å²) in [5.41, 5.74) is 0. The summed E-state index contributed by atoms with van der Waals surface area (Å²) in [6, 6.07) is 0. The lowest BCUT2D eigenvalue weighted by atomic mass is 10.2. The minimum Gasteiger partial charge on any atom is -0.378 e. The Morgan fingerprint density at radius 1 is 1.17 bits per heavy atom. The van der Waals surface area contributed by atoms with Crippen LogP contribution in [0.15, 0.2) is 4.52 Å². The highest BCUT2D eigenvalue weighted by atomic mass is 16.5. The fraction of sp³-hybridized carbons (Fsp3) is 0.833. The average molecular weight is 253 g/mol. The maximum atomic E-state index is 5.61. The Bertz CT molecular complexity index is 370. The molecule has 6 nitrogen and oxygen atoms in total. The number of nitrogens with zero attached hydrogens (tertiary/aromatic N) is 2. The summed E-state index contributed by atoms with van der Waals surface area (Å²) in [6.45, 7) is 3.38. The Labute approximate surface area is 106 Å². The number of hydrogen-bond acceptors (Lipinski definition) is 6. The summed E-state index contributed by atoms with van der Waals surface area (Å²) in [5.74, 6) is 1.41. The molecule has 0 aromatic carbocycles. The molecule has 6 heteroatoms. The number of aromatic nitrogens is 2. The molecule has 1 aromatic heterocycles. The van der Waals surface area contributed by atoms with Gasteiger partial charge < -0.3 is 19.3 Å². The molecular formula is C12H19N3O3. The molecular weight excluding hydrogens is 234 g/mol. The summed E-state index contributed by atoms with van der Waals surface area (Å²) in [6.07, 6.45) is 4.09. The largest absolute Gasteiger partial charge is 0.378 e. The number of nitrogens with one attached hydrogen (secondary N) is 1. The fourth-order valence-electron chi connectivity index (χ4n) is 2.41. The van der Waals surface area contributed by atoms with Crippen LogP contribution in [0.2, 0.25) is 0 Å². The summed E-state index contributed by atoms with van der Waals surface area (Å²) >= 11 is 0. The quantitative estimate of drug-likeness (QED) is 0.833. The molecule has 0 aliphatic carbocycles. The van der Waals surface area contributed by atoms with Gasteiger partial charge in [-0.15, -0.1) is 0 Å². The van der Waals surface area contributed by atoms with Crippen LogP contribution in [0.3, 0.4) is 0 Å². The van der Waals surface area contributed by atoms with Gasteiger partial charge in [0.05, 0.1) is 25.2 Å².